The van der Waals surface area contributed by atoms with Gasteiger partial charge in [-0.25, -0.2) is 0 Å². The molecule has 0 unspecified atom stereocenters. The molecule has 29 heavy (non-hydrogen) atoms. The number of rotatable bonds is 7. The fourth-order valence-corrected chi connectivity index (χ4v) is 2.78. The molecule has 0 aliphatic carbocycles. The standard InChI is InChI=1S/C20H25N5O4/c1-23(2)15-11-9-14(10-12-15)18(24(3)4)13-21-19(26)20(27)22-16-7-5-6-8-17(16)25(28)29/h5-12,18H,13H2,1-4H3,(H,21,26)(H,22,27)/t18-/m1/s1. The summed E-state index contributed by atoms with van der Waals surface area (Å²) in [5.74, 6) is -1.82. The lowest BCUT2D eigenvalue weighted by atomic mass is 10.1. The minimum atomic E-state index is -0.959. The molecule has 0 bridgehead atoms. The molecule has 9 heteroatoms. The quantitative estimate of drug-likeness (QED) is 0.419. The highest BCUT2D eigenvalue weighted by atomic mass is 16.6. The summed E-state index contributed by atoms with van der Waals surface area (Å²) in [6.07, 6.45) is 0. The Morgan fingerprint density at radius 1 is 1.00 bits per heavy atom. The number of nitro benzene ring substituents is 1. The Morgan fingerprint density at radius 2 is 1.62 bits per heavy atom. The van der Waals surface area contributed by atoms with E-state index >= 15 is 0 Å². The lowest BCUT2D eigenvalue weighted by Crippen LogP contribution is -2.40. The Morgan fingerprint density at radius 3 is 2.17 bits per heavy atom. The number of carbonyl (C=O) groups excluding carboxylic acids is 2. The monoisotopic (exact) mass is 399 g/mol. The molecule has 0 aliphatic heterocycles. The topological polar surface area (TPSA) is 108 Å². The third kappa shape index (κ3) is 5.76. The molecule has 0 heterocycles. The number of anilines is 2. The molecular formula is C20H25N5O4. The van der Waals surface area contributed by atoms with Gasteiger partial charge < -0.3 is 20.4 Å². The molecule has 9 nitrogen and oxygen atoms in total. The van der Waals surface area contributed by atoms with Gasteiger partial charge in [0.1, 0.15) is 5.69 Å². The predicted octanol–water partition coefficient (Wildman–Crippen LogP) is 2.02. The van der Waals surface area contributed by atoms with Gasteiger partial charge in [0.2, 0.25) is 0 Å². The van der Waals surface area contributed by atoms with Gasteiger partial charge in [0, 0.05) is 32.4 Å². The molecule has 0 aliphatic rings. The lowest BCUT2D eigenvalue weighted by molar-refractivity contribution is -0.383. The van der Waals surface area contributed by atoms with E-state index in [1.54, 1.807) is 6.07 Å². The summed E-state index contributed by atoms with van der Waals surface area (Å²) in [6.45, 7) is 0.206. The zero-order valence-corrected chi connectivity index (χ0v) is 16.9. The van der Waals surface area contributed by atoms with Crippen LogP contribution in [0, 0.1) is 10.1 Å². The van der Waals surface area contributed by atoms with Gasteiger partial charge in [-0.1, -0.05) is 24.3 Å². The van der Waals surface area contributed by atoms with Crippen molar-refractivity contribution in [2.24, 2.45) is 0 Å². The third-order valence-electron chi connectivity index (χ3n) is 4.43. The number of nitrogens with zero attached hydrogens (tertiary/aromatic N) is 3. The lowest BCUT2D eigenvalue weighted by Gasteiger charge is -2.25. The van der Waals surface area contributed by atoms with E-state index in [2.05, 4.69) is 10.6 Å². The van der Waals surface area contributed by atoms with Gasteiger partial charge in [0.05, 0.1) is 11.0 Å². The summed E-state index contributed by atoms with van der Waals surface area (Å²) in [7, 11) is 7.66. The summed E-state index contributed by atoms with van der Waals surface area (Å²) in [5, 5.41) is 15.9. The van der Waals surface area contributed by atoms with Crippen LogP contribution in [-0.4, -0.2) is 56.4 Å². The number of carbonyl (C=O) groups is 2. The van der Waals surface area contributed by atoms with Crippen LogP contribution in [0.1, 0.15) is 11.6 Å². The third-order valence-corrected chi connectivity index (χ3v) is 4.43. The molecule has 154 valence electrons. The van der Waals surface area contributed by atoms with E-state index < -0.39 is 16.7 Å². The molecule has 2 N–H and O–H groups in total. The van der Waals surface area contributed by atoms with Crippen molar-refractivity contribution in [3.63, 3.8) is 0 Å². The second-order valence-electron chi connectivity index (χ2n) is 6.90. The molecule has 2 amide bonds. The van der Waals surface area contributed by atoms with E-state index in [4.69, 9.17) is 0 Å². The molecular weight excluding hydrogens is 374 g/mol. The fraction of sp³-hybridized carbons (Fsp3) is 0.300. The maximum atomic E-state index is 12.2. The normalized spacial score (nSPS) is 11.6. The molecule has 0 fully saturated rings. The van der Waals surface area contributed by atoms with Crippen LogP contribution >= 0.6 is 0 Å². The van der Waals surface area contributed by atoms with Crippen molar-refractivity contribution in [1.29, 1.82) is 0 Å². The second-order valence-corrected chi connectivity index (χ2v) is 6.90. The van der Waals surface area contributed by atoms with Crippen LogP contribution in [0.5, 0.6) is 0 Å². The first kappa shape index (κ1) is 21.8. The number of benzene rings is 2. The van der Waals surface area contributed by atoms with E-state index in [-0.39, 0.29) is 24.0 Å². The van der Waals surface area contributed by atoms with Crippen LogP contribution in [0.4, 0.5) is 17.1 Å². The predicted molar refractivity (Wildman–Crippen MR) is 112 cm³/mol. The molecule has 2 aromatic carbocycles. The van der Waals surface area contributed by atoms with Gasteiger partial charge in [-0.3, -0.25) is 19.7 Å². The minimum Gasteiger partial charge on any atom is -0.378 e. The average molecular weight is 399 g/mol. The summed E-state index contributed by atoms with van der Waals surface area (Å²) in [6, 6.07) is 13.4. The summed E-state index contributed by atoms with van der Waals surface area (Å²) in [5.41, 5.74) is 1.74. The van der Waals surface area contributed by atoms with E-state index in [0.29, 0.717) is 0 Å². The van der Waals surface area contributed by atoms with Crippen LogP contribution in [-0.2, 0) is 9.59 Å². The number of nitrogens with one attached hydrogen (secondary N) is 2. The Hall–Kier alpha value is -3.46. The second kappa shape index (κ2) is 9.65. The largest absolute Gasteiger partial charge is 0.378 e. The first-order chi connectivity index (χ1) is 13.7. The van der Waals surface area contributed by atoms with Crippen LogP contribution < -0.4 is 15.5 Å². The zero-order valence-electron chi connectivity index (χ0n) is 16.9. The van der Waals surface area contributed by atoms with E-state index in [9.17, 15) is 19.7 Å². The van der Waals surface area contributed by atoms with Gasteiger partial charge in [-0.15, -0.1) is 0 Å². The number of para-hydroxylation sites is 2. The van der Waals surface area contributed by atoms with Gasteiger partial charge in [0.15, 0.2) is 0 Å². The van der Waals surface area contributed by atoms with Crippen molar-refractivity contribution in [1.82, 2.24) is 10.2 Å². The molecule has 0 spiro atoms. The summed E-state index contributed by atoms with van der Waals surface area (Å²) < 4.78 is 0. The Balaban J connectivity index is 2.03. The number of nitro groups is 1. The number of amides is 2. The zero-order chi connectivity index (χ0) is 21.6. The Labute approximate surface area is 169 Å². The van der Waals surface area contributed by atoms with Crippen molar-refractivity contribution >= 4 is 28.9 Å². The van der Waals surface area contributed by atoms with Crippen molar-refractivity contribution in [3.05, 3.63) is 64.2 Å². The molecule has 0 radical (unpaired) electrons. The van der Waals surface area contributed by atoms with Gasteiger partial charge in [-0.05, 0) is 37.9 Å². The highest BCUT2D eigenvalue weighted by molar-refractivity contribution is 6.39. The van der Waals surface area contributed by atoms with E-state index in [1.807, 2.05) is 62.3 Å². The highest BCUT2D eigenvalue weighted by Crippen LogP contribution is 2.23. The van der Waals surface area contributed by atoms with Crippen molar-refractivity contribution < 1.29 is 14.5 Å². The van der Waals surface area contributed by atoms with Gasteiger partial charge in [-0.2, -0.15) is 0 Å². The van der Waals surface area contributed by atoms with Crippen LogP contribution in [0.3, 0.4) is 0 Å². The molecule has 2 rings (SSSR count). The first-order valence-electron chi connectivity index (χ1n) is 8.97. The van der Waals surface area contributed by atoms with Crippen molar-refractivity contribution in [2.45, 2.75) is 6.04 Å². The Kier molecular flexibility index (Phi) is 7.27. The maximum absolute atomic E-state index is 12.2. The average Bonchev–Trinajstić information content (AvgIpc) is 2.68. The van der Waals surface area contributed by atoms with Crippen LogP contribution in [0.25, 0.3) is 0 Å². The fourth-order valence-electron chi connectivity index (χ4n) is 2.78. The van der Waals surface area contributed by atoms with Crippen LogP contribution in [0.2, 0.25) is 0 Å². The van der Waals surface area contributed by atoms with E-state index in [1.165, 1.54) is 18.2 Å². The summed E-state index contributed by atoms with van der Waals surface area (Å²) in [4.78, 5) is 38.7. The van der Waals surface area contributed by atoms with Crippen molar-refractivity contribution in [3.8, 4) is 0 Å². The SMILES string of the molecule is CN(C)c1ccc([C@@H](CNC(=O)C(=O)Nc2ccccc2[N+](=O)[O-])N(C)C)cc1. The smallest absolute Gasteiger partial charge is 0.313 e. The number of hydrogen-bond donors (Lipinski definition) is 2. The molecule has 2 aromatic rings. The first-order valence-corrected chi connectivity index (χ1v) is 8.97. The van der Waals surface area contributed by atoms with E-state index in [0.717, 1.165) is 11.3 Å². The molecule has 0 saturated carbocycles. The molecule has 0 aromatic heterocycles. The number of likely N-dealkylation sites (N-methyl/N-ethyl adjacent to an activating group) is 1. The highest BCUT2D eigenvalue weighted by Gasteiger charge is 2.21. The van der Waals surface area contributed by atoms with Gasteiger partial charge >= 0.3 is 11.8 Å². The molecule has 0 saturated heterocycles. The van der Waals surface area contributed by atoms with Crippen LogP contribution in [0.15, 0.2) is 48.5 Å². The Bertz CT molecular complexity index is 881. The number of hydrogen-bond acceptors (Lipinski definition) is 6. The maximum Gasteiger partial charge on any atom is 0.313 e. The van der Waals surface area contributed by atoms with Gasteiger partial charge in [0.25, 0.3) is 5.69 Å². The minimum absolute atomic E-state index is 0.0268. The molecule has 1 atom stereocenters. The van der Waals surface area contributed by atoms with Crippen molar-refractivity contribution in [2.75, 3.05) is 45.0 Å². The summed E-state index contributed by atoms with van der Waals surface area (Å²) >= 11 is 0.